The summed E-state index contributed by atoms with van der Waals surface area (Å²) in [5, 5.41) is 11.9. The molecule has 1 amide bonds. The Bertz CT molecular complexity index is 737. The molecular formula is C14H11N3O2S. The Labute approximate surface area is 118 Å². The van der Waals surface area contributed by atoms with Crippen molar-refractivity contribution < 1.29 is 9.90 Å². The number of rotatable bonds is 3. The van der Waals surface area contributed by atoms with Crippen LogP contribution >= 0.6 is 11.3 Å². The smallest absolute Gasteiger partial charge is 0.404 e. The van der Waals surface area contributed by atoms with E-state index >= 15 is 0 Å². The second-order valence-corrected chi connectivity index (χ2v) is 5.17. The summed E-state index contributed by atoms with van der Waals surface area (Å²) >= 11 is 1.57. The SMILES string of the molecule is O=C(O)NCc1ncccc1-c1nc2ccccc2s1. The van der Waals surface area contributed by atoms with Crippen LogP contribution in [0.3, 0.4) is 0 Å². The van der Waals surface area contributed by atoms with Crippen molar-refractivity contribution in [2.75, 3.05) is 0 Å². The molecule has 0 atom stereocenters. The number of nitrogens with one attached hydrogen (secondary N) is 1. The quantitative estimate of drug-likeness (QED) is 0.775. The Hall–Kier alpha value is -2.47. The zero-order chi connectivity index (χ0) is 13.9. The van der Waals surface area contributed by atoms with Crippen molar-refractivity contribution in [2.24, 2.45) is 0 Å². The second kappa shape index (κ2) is 5.26. The van der Waals surface area contributed by atoms with Crippen LogP contribution in [0.2, 0.25) is 0 Å². The molecule has 0 saturated carbocycles. The number of thiazole rings is 1. The predicted molar refractivity (Wildman–Crippen MR) is 77.7 cm³/mol. The van der Waals surface area contributed by atoms with Crippen LogP contribution < -0.4 is 5.32 Å². The van der Waals surface area contributed by atoms with Crippen molar-refractivity contribution in [3.63, 3.8) is 0 Å². The molecule has 0 aliphatic rings. The van der Waals surface area contributed by atoms with Gasteiger partial charge in [0, 0.05) is 11.8 Å². The van der Waals surface area contributed by atoms with E-state index in [9.17, 15) is 4.79 Å². The van der Waals surface area contributed by atoms with Gasteiger partial charge < -0.3 is 10.4 Å². The van der Waals surface area contributed by atoms with Gasteiger partial charge in [0.25, 0.3) is 0 Å². The molecule has 100 valence electrons. The lowest BCUT2D eigenvalue weighted by Gasteiger charge is -2.05. The number of para-hydroxylation sites is 1. The van der Waals surface area contributed by atoms with Gasteiger partial charge in [-0.15, -0.1) is 11.3 Å². The van der Waals surface area contributed by atoms with E-state index in [-0.39, 0.29) is 6.54 Å². The average molecular weight is 285 g/mol. The van der Waals surface area contributed by atoms with Gasteiger partial charge in [-0.05, 0) is 24.3 Å². The minimum atomic E-state index is -1.06. The molecule has 3 aromatic rings. The largest absolute Gasteiger partial charge is 0.465 e. The number of fused-ring (bicyclic) bond motifs is 1. The monoisotopic (exact) mass is 285 g/mol. The first-order chi connectivity index (χ1) is 9.74. The standard InChI is InChI=1S/C14H11N3O2S/c18-14(19)16-8-11-9(4-3-7-15-11)13-17-10-5-1-2-6-12(10)20-13/h1-7,16H,8H2,(H,18,19). The van der Waals surface area contributed by atoms with E-state index in [2.05, 4.69) is 15.3 Å². The van der Waals surface area contributed by atoms with Crippen molar-refractivity contribution in [1.82, 2.24) is 15.3 Å². The molecule has 0 bridgehead atoms. The average Bonchev–Trinajstić information content (AvgIpc) is 2.89. The van der Waals surface area contributed by atoms with E-state index in [1.807, 2.05) is 36.4 Å². The third-order valence-corrected chi connectivity index (χ3v) is 3.89. The number of amides is 1. The van der Waals surface area contributed by atoms with Crippen LogP contribution in [0.15, 0.2) is 42.6 Å². The third-order valence-electron chi connectivity index (χ3n) is 2.82. The topological polar surface area (TPSA) is 75.1 Å². The van der Waals surface area contributed by atoms with Crippen LogP contribution in [0.1, 0.15) is 5.69 Å². The number of hydrogen-bond donors (Lipinski definition) is 2. The lowest BCUT2D eigenvalue weighted by molar-refractivity contribution is 0.194. The van der Waals surface area contributed by atoms with Gasteiger partial charge in [-0.1, -0.05) is 12.1 Å². The van der Waals surface area contributed by atoms with Gasteiger partial charge in [0.2, 0.25) is 0 Å². The molecule has 2 heterocycles. The maximum atomic E-state index is 10.6. The third kappa shape index (κ3) is 2.46. The van der Waals surface area contributed by atoms with Crippen molar-refractivity contribution in [2.45, 2.75) is 6.54 Å². The minimum absolute atomic E-state index is 0.168. The van der Waals surface area contributed by atoms with Gasteiger partial charge in [0.15, 0.2) is 0 Å². The molecule has 1 aromatic carbocycles. The Morgan fingerprint density at radius 2 is 2.10 bits per heavy atom. The molecule has 0 fully saturated rings. The molecule has 3 rings (SSSR count). The highest BCUT2D eigenvalue weighted by atomic mass is 32.1. The molecule has 0 unspecified atom stereocenters. The first kappa shape index (κ1) is 12.6. The Morgan fingerprint density at radius 3 is 2.90 bits per heavy atom. The first-order valence-electron chi connectivity index (χ1n) is 6.00. The van der Waals surface area contributed by atoms with Crippen molar-refractivity contribution in [3.8, 4) is 10.6 Å². The Kier molecular flexibility index (Phi) is 3.30. The van der Waals surface area contributed by atoms with Gasteiger partial charge in [-0.2, -0.15) is 0 Å². The lowest BCUT2D eigenvalue weighted by atomic mass is 10.2. The van der Waals surface area contributed by atoms with E-state index in [4.69, 9.17) is 5.11 Å². The fraction of sp³-hybridized carbons (Fsp3) is 0.0714. The number of carbonyl (C=O) groups is 1. The second-order valence-electron chi connectivity index (χ2n) is 4.14. The van der Waals surface area contributed by atoms with Crippen LogP contribution in [-0.4, -0.2) is 21.2 Å². The molecule has 0 radical (unpaired) electrons. The summed E-state index contributed by atoms with van der Waals surface area (Å²) in [5.74, 6) is 0. The van der Waals surface area contributed by atoms with Crippen LogP contribution in [0, 0.1) is 0 Å². The van der Waals surface area contributed by atoms with E-state index in [0.29, 0.717) is 5.69 Å². The Morgan fingerprint density at radius 1 is 1.25 bits per heavy atom. The van der Waals surface area contributed by atoms with Gasteiger partial charge in [0.1, 0.15) is 5.01 Å². The number of nitrogens with zero attached hydrogens (tertiary/aromatic N) is 2. The number of pyridine rings is 1. The summed E-state index contributed by atoms with van der Waals surface area (Å²) < 4.78 is 1.10. The predicted octanol–water partition coefficient (Wildman–Crippen LogP) is 3.13. The minimum Gasteiger partial charge on any atom is -0.465 e. The Balaban J connectivity index is 2.02. The molecule has 0 aliphatic carbocycles. The van der Waals surface area contributed by atoms with E-state index in [1.54, 1.807) is 17.5 Å². The fourth-order valence-electron chi connectivity index (χ4n) is 1.92. The summed E-state index contributed by atoms with van der Waals surface area (Å²) in [7, 11) is 0. The molecule has 20 heavy (non-hydrogen) atoms. The molecule has 0 aliphatic heterocycles. The first-order valence-corrected chi connectivity index (χ1v) is 6.82. The molecular weight excluding hydrogens is 274 g/mol. The van der Waals surface area contributed by atoms with Crippen LogP contribution in [-0.2, 0) is 6.54 Å². The number of benzene rings is 1. The number of hydrogen-bond acceptors (Lipinski definition) is 4. The maximum Gasteiger partial charge on any atom is 0.404 e. The van der Waals surface area contributed by atoms with Crippen LogP contribution in [0.4, 0.5) is 4.79 Å². The van der Waals surface area contributed by atoms with Gasteiger partial charge >= 0.3 is 6.09 Å². The number of carboxylic acid groups (broad SMARTS) is 1. The molecule has 0 saturated heterocycles. The van der Waals surface area contributed by atoms with Gasteiger partial charge in [-0.25, -0.2) is 9.78 Å². The molecule has 6 heteroatoms. The molecule has 2 N–H and O–H groups in total. The zero-order valence-corrected chi connectivity index (χ0v) is 11.2. The van der Waals surface area contributed by atoms with E-state index in [1.165, 1.54) is 0 Å². The van der Waals surface area contributed by atoms with Crippen molar-refractivity contribution in [1.29, 1.82) is 0 Å². The van der Waals surface area contributed by atoms with E-state index < -0.39 is 6.09 Å². The van der Waals surface area contributed by atoms with Gasteiger partial charge in [-0.3, -0.25) is 4.98 Å². The van der Waals surface area contributed by atoms with Gasteiger partial charge in [0.05, 0.1) is 22.5 Å². The summed E-state index contributed by atoms with van der Waals surface area (Å²) in [6.07, 6.45) is 0.585. The number of aromatic nitrogens is 2. The summed E-state index contributed by atoms with van der Waals surface area (Å²) in [4.78, 5) is 19.4. The van der Waals surface area contributed by atoms with Crippen molar-refractivity contribution in [3.05, 3.63) is 48.3 Å². The summed E-state index contributed by atoms with van der Waals surface area (Å²) in [5.41, 5.74) is 2.48. The highest BCUT2D eigenvalue weighted by Gasteiger charge is 2.11. The highest BCUT2D eigenvalue weighted by molar-refractivity contribution is 7.21. The van der Waals surface area contributed by atoms with Crippen LogP contribution in [0.25, 0.3) is 20.8 Å². The maximum absolute atomic E-state index is 10.6. The summed E-state index contributed by atoms with van der Waals surface area (Å²) in [6, 6.07) is 11.6. The van der Waals surface area contributed by atoms with Crippen molar-refractivity contribution >= 4 is 27.6 Å². The zero-order valence-electron chi connectivity index (χ0n) is 10.4. The molecule has 5 nitrogen and oxygen atoms in total. The van der Waals surface area contributed by atoms with E-state index in [0.717, 1.165) is 20.8 Å². The highest BCUT2D eigenvalue weighted by Crippen LogP contribution is 2.31. The summed E-state index contributed by atoms with van der Waals surface area (Å²) in [6.45, 7) is 0.168. The lowest BCUT2D eigenvalue weighted by Crippen LogP contribution is -2.21. The fourth-order valence-corrected chi connectivity index (χ4v) is 2.93. The molecule has 2 aromatic heterocycles. The van der Waals surface area contributed by atoms with Crippen LogP contribution in [0.5, 0.6) is 0 Å². The normalized spacial score (nSPS) is 10.6. The molecule has 0 spiro atoms.